The summed E-state index contributed by atoms with van der Waals surface area (Å²) in [6, 6.07) is -0.707. The molecule has 0 aliphatic carbocycles. The zero-order valence-electron chi connectivity index (χ0n) is 42.5. The number of unbranched alkanes of at least 4 members (excludes halogenated alkanes) is 46. The van der Waals surface area contributed by atoms with E-state index in [0.29, 0.717) is 12.8 Å². The van der Waals surface area contributed by atoms with E-state index in [0.717, 1.165) is 32.1 Å². The molecule has 5 heteroatoms. The van der Waals surface area contributed by atoms with E-state index in [-0.39, 0.29) is 6.61 Å². The summed E-state index contributed by atoms with van der Waals surface area (Å²) < 4.78 is 0. The predicted molar refractivity (Wildman–Crippen MR) is 273 cm³/mol. The van der Waals surface area contributed by atoms with E-state index in [9.17, 15) is 20.1 Å². The molecule has 0 aliphatic rings. The molecule has 0 aliphatic heterocycles. The van der Waals surface area contributed by atoms with Crippen molar-refractivity contribution >= 4 is 5.91 Å². The highest BCUT2D eigenvalue weighted by atomic mass is 16.3. The SMILES string of the molecule is CCCCCCCCCCCCCCCCCCCCCCCCCCCCCCCCCCC(O)C(=O)NC(CO)C(O)CCCCCCCCCCCCCCCCCC. The molecule has 0 saturated carbocycles. The minimum Gasteiger partial charge on any atom is -0.394 e. The van der Waals surface area contributed by atoms with Gasteiger partial charge in [0.2, 0.25) is 5.91 Å². The average molecular weight is 879 g/mol. The summed E-state index contributed by atoms with van der Waals surface area (Å²) in [6.45, 7) is 4.27. The van der Waals surface area contributed by atoms with Crippen molar-refractivity contribution in [3.63, 3.8) is 0 Å². The Kier molecular flexibility index (Phi) is 52.4. The van der Waals surface area contributed by atoms with E-state index in [1.807, 2.05) is 0 Å². The summed E-state index contributed by atoms with van der Waals surface area (Å²) >= 11 is 0. The highest BCUT2D eigenvalue weighted by molar-refractivity contribution is 5.80. The topological polar surface area (TPSA) is 89.8 Å². The summed E-state index contributed by atoms with van der Waals surface area (Å²) in [7, 11) is 0. The van der Waals surface area contributed by atoms with E-state index in [4.69, 9.17) is 0 Å². The molecule has 372 valence electrons. The first kappa shape index (κ1) is 61.4. The number of carbonyl (C=O) groups is 1. The second kappa shape index (κ2) is 53.0. The van der Waals surface area contributed by atoms with Crippen molar-refractivity contribution < 1.29 is 20.1 Å². The van der Waals surface area contributed by atoms with Gasteiger partial charge in [-0.1, -0.05) is 322 Å². The van der Waals surface area contributed by atoms with Crippen LogP contribution in [0.2, 0.25) is 0 Å². The molecule has 0 aromatic carbocycles. The molecule has 0 saturated heterocycles. The van der Waals surface area contributed by atoms with Gasteiger partial charge in [0.05, 0.1) is 18.8 Å². The third kappa shape index (κ3) is 47.3. The number of nitrogens with one attached hydrogen (secondary N) is 1. The fraction of sp³-hybridized carbons (Fsp3) is 0.982. The van der Waals surface area contributed by atoms with Gasteiger partial charge >= 0.3 is 0 Å². The van der Waals surface area contributed by atoms with Crippen LogP contribution in [-0.4, -0.2) is 46.1 Å². The minimum absolute atomic E-state index is 0.307. The molecule has 4 N–H and O–H groups in total. The van der Waals surface area contributed by atoms with Gasteiger partial charge in [-0.25, -0.2) is 0 Å². The number of carbonyl (C=O) groups excluding carboxylic acids is 1. The van der Waals surface area contributed by atoms with Crippen molar-refractivity contribution in [3.8, 4) is 0 Å². The maximum atomic E-state index is 12.6. The molecular weight excluding hydrogens is 763 g/mol. The molecular formula is C57H115NO4. The van der Waals surface area contributed by atoms with Crippen molar-refractivity contribution in [1.82, 2.24) is 5.32 Å². The Bertz CT molecular complexity index is 838. The Balaban J connectivity index is 3.44. The number of hydrogen-bond donors (Lipinski definition) is 4. The third-order valence-electron chi connectivity index (χ3n) is 14.0. The fourth-order valence-electron chi connectivity index (χ4n) is 9.49. The van der Waals surface area contributed by atoms with E-state index in [2.05, 4.69) is 19.2 Å². The molecule has 0 spiro atoms. The molecule has 0 aromatic rings. The van der Waals surface area contributed by atoms with E-state index >= 15 is 0 Å². The monoisotopic (exact) mass is 878 g/mol. The van der Waals surface area contributed by atoms with E-state index in [1.165, 1.54) is 276 Å². The Morgan fingerprint density at radius 1 is 0.323 bits per heavy atom. The van der Waals surface area contributed by atoms with Crippen LogP contribution in [0, 0.1) is 0 Å². The Morgan fingerprint density at radius 2 is 0.516 bits per heavy atom. The molecule has 3 atom stereocenters. The van der Waals surface area contributed by atoms with Crippen molar-refractivity contribution in [2.75, 3.05) is 6.61 Å². The Labute approximate surface area is 389 Å². The van der Waals surface area contributed by atoms with Crippen LogP contribution in [0.1, 0.15) is 335 Å². The zero-order valence-corrected chi connectivity index (χ0v) is 42.5. The quantitative estimate of drug-likeness (QED) is 0.0458. The van der Waals surface area contributed by atoms with Crippen LogP contribution in [0.15, 0.2) is 0 Å². The maximum Gasteiger partial charge on any atom is 0.249 e. The number of aliphatic hydroxyl groups excluding tert-OH is 3. The highest BCUT2D eigenvalue weighted by Crippen LogP contribution is 2.19. The lowest BCUT2D eigenvalue weighted by molar-refractivity contribution is -0.131. The van der Waals surface area contributed by atoms with Gasteiger partial charge in [-0.2, -0.15) is 0 Å². The average Bonchev–Trinajstić information content (AvgIpc) is 3.28. The Hall–Kier alpha value is -0.650. The fourth-order valence-corrected chi connectivity index (χ4v) is 9.49. The summed E-state index contributed by atoms with van der Waals surface area (Å²) in [5, 5.41) is 33.5. The standard InChI is InChI=1S/C57H115NO4/c1-3-5-7-9-11-13-15-17-19-21-22-23-24-25-26-27-28-29-30-31-32-33-34-35-36-38-40-42-44-46-48-50-52-56(61)57(62)58-54(53-59)55(60)51-49-47-45-43-41-39-37-20-18-16-14-12-10-8-6-4-2/h54-56,59-61H,3-53H2,1-2H3,(H,58,62). The van der Waals surface area contributed by atoms with Gasteiger partial charge in [0.25, 0.3) is 0 Å². The number of aliphatic hydroxyl groups is 3. The van der Waals surface area contributed by atoms with Gasteiger partial charge in [0, 0.05) is 0 Å². The minimum atomic E-state index is -1.07. The second-order valence-electron chi connectivity index (χ2n) is 20.2. The van der Waals surface area contributed by atoms with Gasteiger partial charge in [0.1, 0.15) is 6.10 Å². The van der Waals surface area contributed by atoms with Gasteiger partial charge in [-0.15, -0.1) is 0 Å². The van der Waals surface area contributed by atoms with Crippen molar-refractivity contribution in [2.24, 2.45) is 0 Å². The van der Waals surface area contributed by atoms with Gasteiger partial charge in [-0.3, -0.25) is 4.79 Å². The first-order valence-electron chi connectivity index (χ1n) is 28.8. The molecule has 0 heterocycles. The van der Waals surface area contributed by atoms with Crippen LogP contribution in [0.3, 0.4) is 0 Å². The summed E-state index contributed by atoms with van der Waals surface area (Å²) in [5.41, 5.74) is 0. The number of rotatable bonds is 54. The van der Waals surface area contributed by atoms with Crippen LogP contribution in [0.5, 0.6) is 0 Å². The smallest absolute Gasteiger partial charge is 0.249 e. The predicted octanol–water partition coefficient (Wildman–Crippen LogP) is 17.7. The van der Waals surface area contributed by atoms with Crippen LogP contribution >= 0.6 is 0 Å². The van der Waals surface area contributed by atoms with Crippen LogP contribution in [0.4, 0.5) is 0 Å². The van der Waals surface area contributed by atoms with Gasteiger partial charge < -0.3 is 20.6 Å². The lowest BCUT2D eigenvalue weighted by Crippen LogP contribution is -2.49. The highest BCUT2D eigenvalue weighted by Gasteiger charge is 2.23. The number of hydrogen-bond acceptors (Lipinski definition) is 4. The molecule has 0 bridgehead atoms. The van der Waals surface area contributed by atoms with Crippen LogP contribution < -0.4 is 5.32 Å². The molecule has 0 rings (SSSR count). The van der Waals surface area contributed by atoms with Crippen molar-refractivity contribution in [2.45, 2.75) is 353 Å². The Morgan fingerprint density at radius 3 is 0.726 bits per heavy atom. The molecule has 0 fully saturated rings. The molecule has 3 unspecified atom stereocenters. The van der Waals surface area contributed by atoms with Crippen LogP contribution in [0.25, 0.3) is 0 Å². The molecule has 0 radical (unpaired) electrons. The van der Waals surface area contributed by atoms with Crippen molar-refractivity contribution in [1.29, 1.82) is 0 Å². The summed E-state index contributed by atoms with van der Waals surface area (Å²) in [5.74, 6) is -0.462. The normalized spacial score (nSPS) is 13.2. The third-order valence-corrected chi connectivity index (χ3v) is 14.0. The maximum absolute atomic E-state index is 12.6. The largest absolute Gasteiger partial charge is 0.394 e. The van der Waals surface area contributed by atoms with E-state index in [1.54, 1.807) is 0 Å². The summed E-state index contributed by atoms with van der Waals surface area (Å²) in [6.07, 6.45) is 64.5. The molecule has 1 amide bonds. The van der Waals surface area contributed by atoms with Gasteiger partial charge in [0.15, 0.2) is 0 Å². The summed E-state index contributed by atoms with van der Waals surface area (Å²) in [4.78, 5) is 12.6. The van der Waals surface area contributed by atoms with E-state index < -0.39 is 24.2 Å². The van der Waals surface area contributed by atoms with Crippen LogP contribution in [-0.2, 0) is 4.79 Å². The van der Waals surface area contributed by atoms with Gasteiger partial charge in [-0.05, 0) is 12.8 Å². The zero-order chi connectivity index (χ0) is 45.1. The second-order valence-corrected chi connectivity index (χ2v) is 20.2. The molecule has 62 heavy (non-hydrogen) atoms. The lowest BCUT2D eigenvalue weighted by atomic mass is 10.0. The van der Waals surface area contributed by atoms with Crippen molar-refractivity contribution in [3.05, 3.63) is 0 Å². The molecule has 5 nitrogen and oxygen atoms in total. The number of amides is 1. The molecule has 0 aromatic heterocycles. The first-order valence-corrected chi connectivity index (χ1v) is 28.8. The first-order chi connectivity index (χ1) is 30.6. The lowest BCUT2D eigenvalue weighted by Gasteiger charge is -2.23.